The van der Waals surface area contributed by atoms with Crippen LogP contribution in [0.25, 0.3) is 0 Å². The summed E-state index contributed by atoms with van der Waals surface area (Å²) in [6.45, 7) is 0. The predicted octanol–water partition coefficient (Wildman–Crippen LogP) is 2.77. The monoisotopic (exact) mass is 305 g/mol. The largest absolute Gasteiger partial charge is 0.315 e. The first kappa shape index (κ1) is 14.7. The number of likely N-dealkylation sites (N-methyl/N-ethyl adjacent to an activating group) is 1. The molecule has 6 heteroatoms. The summed E-state index contributed by atoms with van der Waals surface area (Å²) in [7, 11) is 1.55. The minimum absolute atomic E-state index is 0.154. The Balaban J connectivity index is 1.76. The summed E-state index contributed by atoms with van der Waals surface area (Å²) >= 11 is 0. The molecule has 3 rings (SSSR count). The SMILES string of the molecule is CN(C(=O)Cc1n[nH]c2c1CCCC2)c1ccc(F)c(F)c1. The van der Waals surface area contributed by atoms with Crippen LogP contribution in [0.4, 0.5) is 14.5 Å². The molecule has 1 aliphatic carbocycles. The van der Waals surface area contributed by atoms with Gasteiger partial charge in [0.05, 0.1) is 12.1 Å². The molecule has 0 bridgehead atoms. The van der Waals surface area contributed by atoms with Crippen molar-refractivity contribution in [3.63, 3.8) is 0 Å². The van der Waals surface area contributed by atoms with Crippen molar-refractivity contribution >= 4 is 11.6 Å². The van der Waals surface area contributed by atoms with E-state index < -0.39 is 11.6 Å². The molecule has 0 saturated carbocycles. The lowest BCUT2D eigenvalue weighted by Gasteiger charge is -2.18. The number of carbonyl (C=O) groups excluding carboxylic acids is 1. The van der Waals surface area contributed by atoms with Crippen LogP contribution < -0.4 is 4.90 Å². The molecular formula is C16H17F2N3O. The highest BCUT2D eigenvalue weighted by molar-refractivity contribution is 5.94. The summed E-state index contributed by atoms with van der Waals surface area (Å²) in [6.07, 6.45) is 4.30. The summed E-state index contributed by atoms with van der Waals surface area (Å²) in [6, 6.07) is 3.43. The van der Waals surface area contributed by atoms with E-state index in [0.717, 1.165) is 54.8 Å². The van der Waals surface area contributed by atoms with Gasteiger partial charge < -0.3 is 4.90 Å². The van der Waals surface area contributed by atoms with Gasteiger partial charge in [0.2, 0.25) is 5.91 Å². The fraction of sp³-hybridized carbons (Fsp3) is 0.375. The Morgan fingerprint density at radius 2 is 2.05 bits per heavy atom. The number of nitrogens with zero attached hydrogens (tertiary/aromatic N) is 2. The Morgan fingerprint density at radius 3 is 2.82 bits per heavy atom. The molecule has 1 heterocycles. The van der Waals surface area contributed by atoms with Gasteiger partial charge in [-0.2, -0.15) is 5.10 Å². The third-order valence-electron chi connectivity index (χ3n) is 4.13. The van der Waals surface area contributed by atoms with Crippen LogP contribution in [0.3, 0.4) is 0 Å². The van der Waals surface area contributed by atoms with Gasteiger partial charge in [-0.15, -0.1) is 0 Å². The number of aromatic nitrogens is 2. The Morgan fingerprint density at radius 1 is 1.27 bits per heavy atom. The number of aromatic amines is 1. The van der Waals surface area contributed by atoms with E-state index in [4.69, 9.17) is 0 Å². The fourth-order valence-electron chi connectivity index (χ4n) is 2.80. The summed E-state index contributed by atoms with van der Waals surface area (Å²) in [4.78, 5) is 13.7. The smallest absolute Gasteiger partial charge is 0.232 e. The van der Waals surface area contributed by atoms with Gasteiger partial charge >= 0.3 is 0 Å². The molecular weight excluding hydrogens is 288 g/mol. The summed E-state index contributed by atoms with van der Waals surface area (Å²) in [5, 5.41) is 7.24. The molecule has 2 aromatic rings. The number of H-pyrrole nitrogens is 1. The van der Waals surface area contributed by atoms with Crippen LogP contribution in [0.15, 0.2) is 18.2 Å². The van der Waals surface area contributed by atoms with E-state index in [1.165, 1.54) is 11.0 Å². The van der Waals surface area contributed by atoms with E-state index in [-0.39, 0.29) is 12.3 Å². The van der Waals surface area contributed by atoms with Crippen LogP contribution >= 0.6 is 0 Å². The first-order valence-corrected chi connectivity index (χ1v) is 7.33. The third-order valence-corrected chi connectivity index (χ3v) is 4.13. The zero-order valence-electron chi connectivity index (χ0n) is 12.3. The second-order valence-corrected chi connectivity index (χ2v) is 5.56. The number of nitrogens with one attached hydrogen (secondary N) is 1. The maximum atomic E-state index is 13.3. The Kier molecular flexibility index (Phi) is 3.92. The molecule has 1 aromatic carbocycles. The highest BCUT2D eigenvalue weighted by Gasteiger charge is 2.21. The van der Waals surface area contributed by atoms with Crippen LogP contribution in [0, 0.1) is 11.6 Å². The second-order valence-electron chi connectivity index (χ2n) is 5.56. The highest BCUT2D eigenvalue weighted by atomic mass is 19.2. The molecule has 1 aliphatic rings. The van der Waals surface area contributed by atoms with Crippen molar-refractivity contribution in [1.82, 2.24) is 10.2 Å². The average Bonchev–Trinajstić information content (AvgIpc) is 2.92. The zero-order chi connectivity index (χ0) is 15.7. The van der Waals surface area contributed by atoms with Crippen LogP contribution in [-0.4, -0.2) is 23.2 Å². The zero-order valence-corrected chi connectivity index (χ0v) is 12.3. The summed E-state index contributed by atoms with van der Waals surface area (Å²) < 4.78 is 26.2. The molecule has 1 amide bonds. The van der Waals surface area contributed by atoms with E-state index in [9.17, 15) is 13.6 Å². The van der Waals surface area contributed by atoms with Crippen molar-refractivity contribution in [2.45, 2.75) is 32.1 Å². The molecule has 116 valence electrons. The molecule has 22 heavy (non-hydrogen) atoms. The van der Waals surface area contributed by atoms with E-state index in [2.05, 4.69) is 10.2 Å². The highest BCUT2D eigenvalue weighted by Crippen LogP contribution is 2.23. The van der Waals surface area contributed by atoms with Crippen LogP contribution in [0.5, 0.6) is 0 Å². The van der Waals surface area contributed by atoms with Gasteiger partial charge in [-0.3, -0.25) is 9.89 Å². The van der Waals surface area contributed by atoms with E-state index in [0.29, 0.717) is 5.69 Å². The third kappa shape index (κ3) is 2.73. The molecule has 4 nitrogen and oxygen atoms in total. The normalized spacial score (nSPS) is 13.8. The molecule has 0 radical (unpaired) electrons. The van der Waals surface area contributed by atoms with Crippen LogP contribution in [0.1, 0.15) is 29.8 Å². The van der Waals surface area contributed by atoms with Gasteiger partial charge in [-0.25, -0.2) is 8.78 Å². The van der Waals surface area contributed by atoms with E-state index in [1.54, 1.807) is 7.05 Å². The second kappa shape index (κ2) is 5.87. The quantitative estimate of drug-likeness (QED) is 0.948. The number of hydrogen-bond donors (Lipinski definition) is 1. The fourth-order valence-corrected chi connectivity index (χ4v) is 2.80. The number of carbonyl (C=O) groups is 1. The first-order valence-electron chi connectivity index (χ1n) is 7.33. The standard InChI is InChI=1S/C16H17F2N3O/c1-21(10-6-7-12(17)13(18)8-10)16(22)9-15-11-4-2-3-5-14(11)19-20-15/h6-8H,2-5,9H2,1H3,(H,19,20). The molecule has 0 saturated heterocycles. The number of rotatable bonds is 3. The van der Waals surface area contributed by atoms with Gasteiger partial charge in [-0.1, -0.05) is 0 Å². The number of fused-ring (bicyclic) bond motifs is 1. The minimum Gasteiger partial charge on any atom is -0.315 e. The van der Waals surface area contributed by atoms with Crippen molar-refractivity contribution in [2.24, 2.45) is 0 Å². The molecule has 0 fully saturated rings. The predicted molar refractivity (Wildman–Crippen MR) is 78.7 cm³/mol. The molecule has 0 atom stereocenters. The molecule has 1 N–H and O–H groups in total. The number of aryl methyl sites for hydroxylation is 1. The number of amides is 1. The Labute approximate surface area is 127 Å². The maximum Gasteiger partial charge on any atom is 0.232 e. The molecule has 0 aliphatic heterocycles. The maximum absolute atomic E-state index is 13.3. The number of benzene rings is 1. The van der Waals surface area contributed by atoms with Crippen molar-refractivity contribution in [1.29, 1.82) is 0 Å². The number of hydrogen-bond acceptors (Lipinski definition) is 2. The topological polar surface area (TPSA) is 49.0 Å². The Bertz CT molecular complexity index is 711. The van der Waals surface area contributed by atoms with E-state index in [1.807, 2.05) is 0 Å². The van der Waals surface area contributed by atoms with Crippen molar-refractivity contribution in [3.8, 4) is 0 Å². The van der Waals surface area contributed by atoms with Gasteiger partial charge in [-0.05, 0) is 43.4 Å². The lowest BCUT2D eigenvalue weighted by Crippen LogP contribution is -2.28. The molecule has 1 aromatic heterocycles. The lowest BCUT2D eigenvalue weighted by atomic mass is 9.95. The molecule has 0 unspecified atom stereocenters. The lowest BCUT2D eigenvalue weighted by molar-refractivity contribution is -0.117. The van der Waals surface area contributed by atoms with Crippen LogP contribution in [-0.2, 0) is 24.1 Å². The van der Waals surface area contributed by atoms with Gasteiger partial charge in [0, 0.05) is 24.5 Å². The van der Waals surface area contributed by atoms with Gasteiger partial charge in [0.1, 0.15) is 0 Å². The van der Waals surface area contributed by atoms with Crippen LogP contribution in [0.2, 0.25) is 0 Å². The number of halogens is 2. The van der Waals surface area contributed by atoms with Crippen molar-refractivity contribution < 1.29 is 13.6 Å². The van der Waals surface area contributed by atoms with Crippen molar-refractivity contribution in [3.05, 3.63) is 46.8 Å². The first-order chi connectivity index (χ1) is 10.6. The minimum atomic E-state index is -0.964. The average molecular weight is 305 g/mol. The van der Waals surface area contributed by atoms with Gasteiger partial charge in [0.15, 0.2) is 11.6 Å². The van der Waals surface area contributed by atoms with Gasteiger partial charge in [0.25, 0.3) is 0 Å². The van der Waals surface area contributed by atoms with Crippen molar-refractivity contribution in [2.75, 3.05) is 11.9 Å². The summed E-state index contributed by atoms with van der Waals surface area (Å²) in [5.74, 6) is -2.09. The Hall–Kier alpha value is -2.24. The molecule has 0 spiro atoms. The summed E-state index contributed by atoms with van der Waals surface area (Å²) in [5.41, 5.74) is 3.34. The van der Waals surface area contributed by atoms with E-state index >= 15 is 0 Å². The number of anilines is 1.